The predicted octanol–water partition coefficient (Wildman–Crippen LogP) is 0.688. The van der Waals surface area contributed by atoms with Crippen LogP contribution in [0.15, 0.2) is 0 Å². The zero-order valence-corrected chi connectivity index (χ0v) is 10.5. The Hall–Kier alpha value is -0.680. The summed E-state index contributed by atoms with van der Waals surface area (Å²) in [5, 5.41) is 0. The number of amides is 1. The number of rotatable bonds is 2. The largest absolute Gasteiger partial charge is 0.392 e. The van der Waals surface area contributed by atoms with Gasteiger partial charge < -0.3 is 15.4 Å². The first-order valence-electron chi connectivity index (χ1n) is 5.70. The third-order valence-electron chi connectivity index (χ3n) is 3.34. The quantitative estimate of drug-likeness (QED) is 0.724. The topological polar surface area (TPSA) is 55.6 Å². The molecule has 0 radical (unpaired) electrons. The monoisotopic (exact) mass is 242 g/mol. The van der Waals surface area contributed by atoms with E-state index in [1.807, 2.05) is 18.7 Å². The SMILES string of the molecule is CC1CN(C(=O)C2(C(N)=S)CC2)CC(C)O1. The summed E-state index contributed by atoms with van der Waals surface area (Å²) >= 11 is 5.00. The summed E-state index contributed by atoms with van der Waals surface area (Å²) in [4.78, 5) is 14.5. The number of carbonyl (C=O) groups excluding carboxylic acids is 1. The Morgan fingerprint density at radius 2 is 1.88 bits per heavy atom. The maximum absolute atomic E-state index is 12.3. The first-order chi connectivity index (χ1) is 7.45. The molecular formula is C11H18N2O2S. The predicted molar refractivity (Wildman–Crippen MR) is 65.0 cm³/mol. The first-order valence-corrected chi connectivity index (χ1v) is 6.11. The lowest BCUT2D eigenvalue weighted by Gasteiger charge is -2.37. The van der Waals surface area contributed by atoms with E-state index in [4.69, 9.17) is 22.7 Å². The van der Waals surface area contributed by atoms with Crippen LogP contribution in [-0.4, -0.2) is 41.1 Å². The second-order valence-electron chi connectivity index (χ2n) is 4.91. The molecule has 2 aliphatic rings. The molecule has 4 nitrogen and oxygen atoms in total. The van der Waals surface area contributed by atoms with Gasteiger partial charge in [-0.05, 0) is 26.7 Å². The highest BCUT2D eigenvalue weighted by Crippen LogP contribution is 2.47. The smallest absolute Gasteiger partial charge is 0.235 e. The molecule has 2 rings (SSSR count). The van der Waals surface area contributed by atoms with Crippen molar-refractivity contribution in [1.82, 2.24) is 4.90 Å². The molecule has 5 heteroatoms. The Morgan fingerprint density at radius 3 is 2.25 bits per heavy atom. The van der Waals surface area contributed by atoms with Gasteiger partial charge in [-0.25, -0.2) is 0 Å². The van der Waals surface area contributed by atoms with E-state index in [1.54, 1.807) is 0 Å². The Balaban J connectivity index is 2.07. The fourth-order valence-electron chi connectivity index (χ4n) is 2.34. The summed E-state index contributed by atoms with van der Waals surface area (Å²) in [6.45, 7) is 5.26. The van der Waals surface area contributed by atoms with Crippen LogP contribution in [0.5, 0.6) is 0 Å². The molecule has 1 saturated carbocycles. The fraction of sp³-hybridized carbons (Fsp3) is 0.818. The maximum Gasteiger partial charge on any atom is 0.235 e. The van der Waals surface area contributed by atoms with Gasteiger partial charge in [-0.2, -0.15) is 0 Å². The van der Waals surface area contributed by atoms with Crippen molar-refractivity contribution in [2.45, 2.75) is 38.9 Å². The van der Waals surface area contributed by atoms with E-state index >= 15 is 0 Å². The molecule has 1 heterocycles. The minimum Gasteiger partial charge on any atom is -0.392 e. The zero-order chi connectivity index (χ0) is 11.9. The molecule has 2 fully saturated rings. The maximum atomic E-state index is 12.3. The van der Waals surface area contributed by atoms with Crippen LogP contribution in [0.2, 0.25) is 0 Å². The minimum absolute atomic E-state index is 0.0924. The van der Waals surface area contributed by atoms with Crippen LogP contribution in [0.25, 0.3) is 0 Å². The van der Waals surface area contributed by atoms with E-state index in [-0.39, 0.29) is 18.1 Å². The van der Waals surface area contributed by atoms with Gasteiger partial charge >= 0.3 is 0 Å². The van der Waals surface area contributed by atoms with E-state index in [2.05, 4.69) is 0 Å². The number of carbonyl (C=O) groups is 1. The average Bonchev–Trinajstić information content (AvgIpc) is 2.95. The van der Waals surface area contributed by atoms with Crippen LogP contribution in [0.1, 0.15) is 26.7 Å². The molecule has 2 N–H and O–H groups in total. The second kappa shape index (κ2) is 3.96. The van der Waals surface area contributed by atoms with Crippen molar-refractivity contribution in [3.05, 3.63) is 0 Å². The lowest BCUT2D eigenvalue weighted by atomic mass is 10.0. The molecule has 0 bridgehead atoms. The molecule has 1 amide bonds. The number of nitrogens with two attached hydrogens (primary N) is 1. The molecule has 16 heavy (non-hydrogen) atoms. The lowest BCUT2D eigenvalue weighted by molar-refractivity contribution is -0.146. The third-order valence-corrected chi connectivity index (χ3v) is 3.73. The fourth-order valence-corrected chi connectivity index (χ4v) is 2.63. The number of morpholine rings is 1. The summed E-state index contributed by atoms with van der Waals surface area (Å²) in [6, 6.07) is 0. The van der Waals surface area contributed by atoms with Gasteiger partial charge in [-0.1, -0.05) is 12.2 Å². The first kappa shape index (κ1) is 11.8. The van der Waals surface area contributed by atoms with Crippen LogP contribution in [-0.2, 0) is 9.53 Å². The number of ether oxygens (including phenoxy) is 1. The standard InChI is InChI=1S/C11H18N2O2S/c1-7-5-13(6-8(2)15-7)10(14)11(3-4-11)9(12)16/h7-8H,3-6H2,1-2H3,(H2,12,16). The molecule has 0 aromatic carbocycles. The minimum atomic E-state index is -0.522. The Labute approximate surface area is 101 Å². The zero-order valence-electron chi connectivity index (χ0n) is 9.73. The van der Waals surface area contributed by atoms with Crippen molar-refractivity contribution in [2.75, 3.05) is 13.1 Å². The average molecular weight is 242 g/mol. The molecule has 0 spiro atoms. The van der Waals surface area contributed by atoms with Crippen LogP contribution in [0.4, 0.5) is 0 Å². The van der Waals surface area contributed by atoms with Crippen molar-refractivity contribution in [3.8, 4) is 0 Å². The van der Waals surface area contributed by atoms with Crippen molar-refractivity contribution in [2.24, 2.45) is 11.1 Å². The van der Waals surface area contributed by atoms with E-state index in [0.717, 1.165) is 12.8 Å². The summed E-state index contributed by atoms with van der Waals surface area (Å²) in [5.74, 6) is 0.0991. The van der Waals surface area contributed by atoms with E-state index in [1.165, 1.54) is 0 Å². The van der Waals surface area contributed by atoms with Crippen molar-refractivity contribution in [1.29, 1.82) is 0 Å². The summed E-state index contributed by atoms with van der Waals surface area (Å²) in [5.41, 5.74) is 5.14. The number of nitrogens with zero attached hydrogens (tertiary/aromatic N) is 1. The molecule has 2 unspecified atom stereocenters. The van der Waals surface area contributed by atoms with Crippen molar-refractivity contribution < 1.29 is 9.53 Å². The van der Waals surface area contributed by atoms with Crippen LogP contribution >= 0.6 is 12.2 Å². The highest BCUT2D eigenvalue weighted by molar-refractivity contribution is 7.80. The highest BCUT2D eigenvalue weighted by Gasteiger charge is 2.54. The molecule has 1 aliphatic heterocycles. The third kappa shape index (κ3) is 1.94. The molecule has 90 valence electrons. The van der Waals surface area contributed by atoms with Gasteiger partial charge in [0.05, 0.1) is 22.6 Å². The van der Waals surface area contributed by atoms with Crippen LogP contribution in [0.3, 0.4) is 0 Å². The molecule has 0 aromatic heterocycles. The number of thiocarbonyl (C=S) groups is 1. The van der Waals surface area contributed by atoms with Gasteiger partial charge in [0.25, 0.3) is 0 Å². The van der Waals surface area contributed by atoms with E-state index < -0.39 is 5.41 Å². The Morgan fingerprint density at radius 1 is 1.38 bits per heavy atom. The van der Waals surface area contributed by atoms with Gasteiger partial charge in [-0.3, -0.25) is 4.79 Å². The molecule has 1 aliphatic carbocycles. The van der Waals surface area contributed by atoms with Gasteiger partial charge in [0.15, 0.2) is 0 Å². The van der Waals surface area contributed by atoms with Gasteiger partial charge in [0.2, 0.25) is 5.91 Å². The summed E-state index contributed by atoms with van der Waals surface area (Å²) in [7, 11) is 0. The molecule has 1 saturated heterocycles. The van der Waals surface area contributed by atoms with Crippen LogP contribution in [0, 0.1) is 5.41 Å². The van der Waals surface area contributed by atoms with Gasteiger partial charge in [-0.15, -0.1) is 0 Å². The molecular weight excluding hydrogens is 224 g/mol. The van der Waals surface area contributed by atoms with Gasteiger partial charge in [0.1, 0.15) is 0 Å². The summed E-state index contributed by atoms with van der Waals surface area (Å²) < 4.78 is 5.60. The number of hydrogen-bond acceptors (Lipinski definition) is 3. The van der Waals surface area contributed by atoms with E-state index in [9.17, 15) is 4.79 Å². The summed E-state index contributed by atoms with van der Waals surface area (Å²) in [6.07, 6.45) is 1.80. The molecule has 2 atom stereocenters. The van der Waals surface area contributed by atoms with Crippen molar-refractivity contribution in [3.63, 3.8) is 0 Å². The highest BCUT2D eigenvalue weighted by atomic mass is 32.1. The lowest BCUT2D eigenvalue weighted by Crippen LogP contribution is -2.52. The molecule has 0 aromatic rings. The van der Waals surface area contributed by atoms with Crippen molar-refractivity contribution >= 4 is 23.1 Å². The number of hydrogen-bond donors (Lipinski definition) is 1. The normalized spacial score (nSPS) is 32.2. The van der Waals surface area contributed by atoms with Gasteiger partial charge in [0, 0.05) is 13.1 Å². The Kier molecular flexibility index (Phi) is 2.92. The second-order valence-corrected chi connectivity index (χ2v) is 5.35. The Bertz CT molecular complexity index is 318. The van der Waals surface area contributed by atoms with Crippen LogP contribution < -0.4 is 5.73 Å². The van der Waals surface area contributed by atoms with E-state index in [0.29, 0.717) is 18.1 Å².